The van der Waals surface area contributed by atoms with Crippen LogP contribution in [0.4, 0.5) is 0 Å². The molecule has 0 aliphatic carbocycles. The predicted octanol–water partition coefficient (Wildman–Crippen LogP) is 2.30. The standard InChI is InChI=1S/C7H5NS/c1-2-8-3-7-5-9-4-6(1)7/h1-5H. The average Bonchev–Trinajstić information content (AvgIpc) is 2.33. The summed E-state index contributed by atoms with van der Waals surface area (Å²) in [5.41, 5.74) is 0. The number of pyridine rings is 1. The zero-order valence-electron chi connectivity index (χ0n) is 4.74. The number of hydrogen-bond donors (Lipinski definition) is 0. The van der Waals surface area contributed by atoms with E-state index in [0.717, 1.165) is 0 Å². The van der Waals surface area contributed by atoms with Gasteiger partial charge < -0.3 is 0 Å². The van der Waals surface area contributed by atoms with Crippen LogP contribution in [0.15, 0.2) is 29.2 Å². The number of rotatable bonds is 0. The van der Waals surface area contributed by atoms with Crippen molar-refractivity contribution in [2.75, 3.05) is 0 Å². The van der Waals surface area contributed by atoms with Crippen LogP contribution in [0.25, 0.3) is 10.8 Å². The fraction of sp³-hybridized carbons (Fsp3) is 0. The Hall–Kier alpha value is -0.890. The Kier molecular flexibility index (Phi) is 0.993. The zero-order valence-corrected chi connectivity index (χ0v) is 5.56. The molecule has 0 radical (unpaired) electrons. The Bertz CT molecular complexity index is 283. The third-order valence-electron chi connectivity index (χ3n) is 1.28. The summed E-state index contributed by atoms with van der Waals surface area (Å²) in [7, 11) is 0. The van der Waals surface area contributed by atoms with Gasteiger partial charge in [-0.3, -0.25) is 4.98 Å². The quantitative estimate of drug-likeness (QED) is 0.540. The van der Waals surface area contributed by atoms with Crippen molar-refractivity contribution in [3.63, 3.8) is 0 Å². The number of aromatic nitrogens is 1. The van der Waals surface area contributed by atoms with Crippen LogP contribution in [-0.2, 0) is 0 Å². The predicted molar refractivity (Wildman–Crippen MR) is 39.6 cm³/mol. The molecule has 2 aromatic rings. The minimum Gasteiger partial charge on any atom is -0.264 e. The van der Waals surface area contributed by atoms with E-state index in [1.165, 1.54) is 10.8 Å². The van der Waals surface area contributed by atoms with E-state index in [-0.39, 0.29) is 0 Å². The first-order chi connectivity index (χ1) is 4.47. The van der Waals surface area contributed by atoms with E-state index in [1.807, 2.05) is 18.5 Å². The highest BCUT2D eigenvalue weighted by Crippen LogP contribution is 2.15. The van der Waals surface area contributed by atoms with Gasteiger partial charge in [0.1, 0.15) is 0 Å². The Morgan fingerprint density at radius 1 is 1.22 bits per heavy atom. The maximum absolute atomic E-state index is 3.99. The topological polar surface area (TPSA) is 12.9 Å². The zero-order chi connectivity index (χ0) is 6.10. The second-order valence-electron chi connectivity index (χ2n) is 1.88. The Morgan fingerprint density at radius 2 is 2.11 bits per heavy atom. The first-order valence-corrected chi connectivity index (χ1v) is 3.67. The third kappa shape index (κ3) is 0.715. The average molecular weight is 135 g/mol. The lowest BCUT2D eigenvalue weighted by atomic mass is 10.3. The van der Waals surface area contributed by atoms with Gasteiger partial charge in [0.2, 0.25) is 0 Å². The summed E-state index contributed by atoms with van der Waals surface area (Å²) < 4.78 is 0. The van der Waals surface area contributed by atoms with Crippen molar-refractivity contribution in [1.29, 1.82) is 0 Å². The Morgan fingerprint density at radius 3 is 3.00 bits per heavy atom. The van der Waals surface area contributed by atoms with Crippen molar-refractivity contribution in [3.05, 3.63) is 29.2 Å². The Labute approximate surface area is 57.0 Å². The van der Waals surface area contributed by atoms with Crippen LogP contribution >= 0.6 is 11.3 Å². The van der Waals surface area contributed by atoms with E-state index >= 15 is 0 Å². The summed E-state index contributed by atoms with van der Waals surface area (Å²) in [6, 6.07) is 2.02. The molecule has 1 nitrogen and oxygen atoms in total. The van der Waals surface area contributed by atoms with Crippen molar-refractivity contribution in [2.24, 2.45) is 0 Å². The van der Waals surface area contributed by atoms with Crippen LogP contribution in [-0.4, -0.2) is 4.98 Å². The minimum atomic E-state index is 1.24. The molecule has 0 fully saturated rings. The van der Waals surface area contributed by atoms with Crippen molar-refractivity contribution in [2.45, 2.75) is 0 Å². The number of hydrogen-bond acceptors (Lipinski definition) is 2. The molecular formula is C7H5NS. The Balaban J connectivity index is 2.95. The van der Waals surface area contributed by atoms with Gasteiger partial charge in [-0.05, 0) is 16.8 Å². The molecule has 0 unspecified atom stereocenters. The summed E-state index contributed by atoms with van der Waals surface area (Å²) >= 11 is 1.71. The summed E-state index contributed by atoms with van der Waals surface area (Å²) in [5, 5.41) is 6.75. The molecule has 0 aliphatic rings. The number of fused-ring (bicyclic) bond motifs is 1. The SMILES string of the molecule is c1cc2cscc2cn1. The van der Waals surface area contributed by atoms with E-state index in [9.17, 15) is 0 Å². The van der Waals surface area contributed by atoms with Crippen LogP contribution in [0.3, 0.4) is 0 Å². The van der Waals surface area contributed by atoms with Gasteiger partial charge in [-0.25, -0.2) is 0 Å². The van der Waals surface area contributed by atoms with Gasteiger partial charge in [-0.2, -0.15) is 11.3 Å². The number of thiophene rings is 1. The molecule has 0 saturated carbocycles. The minimum absolute atomic E-state index is 1.24. The largest absolute Gasteiger partial charge is 0.264 e. The maximum Gasteiger partial charge on any atom is 0.0354 e. The lowest BCUT2D eigenvalue weighted by Crippen LogP contribution is -1.65. The molecule has 0 N–H and O–H groups in total. The molecule has 9 heavy (non-hydrogen) atoms. The molecule has 0 aliphatic heterocycles. The van der Waals surface area contributed by atoms with Crippen molar-refractivity contribution in [1.82, 2.24) is 4.98 Å². The van der Waals surface area contributed by atoms with Gasteiger partial charge in [0, 0.05) is 23.2 Å². The smallest absolute Gasteiger partial charge is 0.0354 e. The molecule has 2 aromatic heterocycles. The van der Waals surface area contributed by atoms with Crippen molar-refractivity contribution in [3.8, 4) is 0 Å². The normalized spacial score (nSPS) is 10.2. The van der Waals surface area contributed by atoms with Crippen molar-refractivity contribution < 1.29 is 0 Å². The maximum atomic E-state index is 3.99. The molecular weight excluding hydrogens is 130 g/mol. The summed E-state index contributed by atoms with van der Waals surface area (Å²) in [4.78, 5) is 3.99. The summed E-state index contributed by atoms with van der Waals surface area (Å²) in [6.07, 6.45) is 3.70. The molecule has 0 amide bonds. The highest BCUT2D eigenvalue weighted by atomic mass is 32.1. The fourth-order valence-corrected chi connectivity index (χ4v) is 1.58. The van der Waals surface area contributed by atoms with Gasteiger partial charge in [-0.1, -0.05) is 0 Å². The summed E-state index contributed by atoms with van der Waals surface area (Å²) in [6.45, 7) is 0. The molecule has 0 spiro atoms. The van der Waals surface area contributed by atoms with E-state index in [1.54, 1.807) is 11.3 Å². The molecule has 0 saturated heterocycles. The van der Waals surface area contributed by atoms with E-state index < -0.39 is 0 Å². The van der Waals surface area contributed by atoms with Crippen molar-refractivity contribution >= 4 is 22.1 Å². The monoisotopic (exact) mass is 135 g/mol. The van der Waals surface area contributed by atoms with Crippen LogP contribution < -0.4 is 0 Å². The molecule has 0 aromatic carbocycles. The van der Waals surface area contributed by atoms with E-state index in [2.05, 4.69) is 15.7 Å². The molecule has 2 rings (SSSR count). The lowest BCUT2D eigenvalue weighted by Gasteiger charge is -1.81. The first kappa shape index (κ1) is 4.94. The van der Waals surface area contributed by atoms with E-state index in [4.69, 9.17) is 0 Å². The molecule has 2 heterocycles. The van der Waals surface area contributed by atoms with Gasteiger partial charge in [-0.15, -0.1) is 0 Å². The fourth-order valence-electron chi connectivity index (χ4n) is 0.804. The van der Waals surface area contributed by atoms with Gasteiger partial charge in [0.25, 0.3) is 0 Å². The van der Waals surface area contributed by atoms with Crippen LogP contribution in [0, 0.1) is 0 Å². The molecule has 44 valence electrons. The van der Waals surface area contributed by atoms with Gasteiger partial charge in [0.15, 0.2) is 0 Å². The molecule has 0 bridgehead atoms. The molecule has 0 atom stereocenters. The number of nitrogens with zero attached hydrogens (tertiary/aromatic N) is 1. The van der Waals surface area contributed by atoms with Gasteiger partial charge in [0.05, 0.1) is 0 Å². The highest BCUT2D eigenvalue weighted by molar-refractivity contribution is 7.09. The van der Waals surface area contributed by atoms with Gasteiger partial charge >= 0.3 is 0 Å². The van der Waals surface area contributed by atoms with E-state index in [0.29, 0.717) is 0 Å². The van der Waals surface area contributed by atoms with Crippen LogP contribution in [0.2, 0.25) is 0 Å². The summed E-state index contributed by atoms with van der Waals surface area (Å²) in [5.74, 6) is 0. The highest BCUT2D eigenvalue weighted by Gasteiger charge is 1.88. The third-order valence-corrected chi connectivity index (χ3v) is 2.06. The first-order valence-electron chi connectivity index (χ1n) is 2.73. The second kappa shape index (κ2) is 1.81. The molecule has 2 heteroatoms. The second-order valence-corrected chi connectivity index (χ2v) is 2.62. The van der Waals surface area contributed by atoms with Crippen LogP contribution in [0.1, 0.15) is 0 Å². The van der Waals surface area contributed by atoms with Crippen LogP contribution in [0.5, 0.6) is 0 Å². The lowest BCUT2D eigenvalue weighted by molar-refractivity contribution is 1.37.